The van der Waals surface area contributed by atoms with Crippen molar-refractivity contribution in [2.24, 2.45) is 5.73 Å². The monoisotopic (exact) mass is 310 g/mol. The number of rotatable bonds is 5. The Bertz CT molecular complexity index is 581. The van der Waals surface area contributed by atoms with Gasteiger partial charge in [0.05, 0.1) is 15.7 Å². The van der Waals surface area contributed by atoms with Crippen LogP contribution < -0.4 is 10.5 Å². The van der Waals surface area contributed by atoms with Gasteiger partial charge in [-0.25, -0.2) is 4.98 Å². The molecule has 1 atom stereocenters. The lowest BCUT2D eigenvalue weighted by atomic mass is 10.1. The lowest BCUT2D eigenvalue weighted by Gasteiger charge is -2.10. The molecular weight excluding hydrogens is 292 g/mol. The molecule has 1 heterocycles. The third-order valence-electron chi connectivity index (χ3n) is 2.92. The quantitative estimate of drug-likeness (QED) is 0.883. The SMILES string of the molecule is CC(C)c1nc(COc2ccc([C@@H](C)N)cc2Cl)cs1. The molecule has 2 N–H and O–H groups in total. The van der Waals surface area contributed by atoms with Crippen LogP contribution in [0.5, 0.6) is 5.75 Å². The predicted octanol–water partition coefficient (Wildman–Crippen LogP) is 4.52. The fraction of sp³-hybridized carbons (Fsp3) is 0.400. The summed E-state index contributed by atoms with van der Waals surface area (Å²) in [5.74, 6) is 1.11. The molecule has 1 aromatic carbocycles. The zero-order chi connectivity index (χ0) is 14.7. The highest BCUT2D eigenvalue weighted by molar-refractivity contribution is 7.09. The highest BCUT2D eigenvalue weighted by Gasteiger charge is 2.09. The number of halogens is 1. The maximum Gasteiger partial charge on any atom is 0.138 e. The summed E-state index contributed by atoms with van der Waals surface area (Å²) >= 11 is 7.86. The Kier molecular flexibility index (Phi) is 5.02. The number of ether oxygens (including phenoxy) is 1. The maximum absolute atomic E-state index is 6.20. The number of nitrogens with two attached hydrogens (primary N) is 1. The van der Waals surface area contributed by atoms with Crippen LogP contribution in [-0.2, 0) is 6.61 Å². The van der Waals surface area contributed by atoms with E-state index >= 15 is 0 Å². The van der Waals surface area contributed by atoms with E-state index in [1.54, 1.807) is 11.3 Å². The van der Waals surface area contributed by atoms with Gasteiger partial charge < -0.3 is 10.5 Å². The molecule has 20 heavy (non-hydrogen) atoms. The Morgan fingerprint density at radius 3 is 2.65 bits per heavy atom. The van der Waals surface area contributed by atoms with E-state index in [0.717, 1.165) is 16.3 Å². The van der Waals surface area contributed by atoms with E-state index in [-0.39, 0.29) is 6.04 Å². The lowest BCUT2D eigenvalue weighted by Crippen LogP contribution is -2.05. The van der Waals surface area contributed by atoms with E-state index in [2.05, 4.69) is 18.8 Å². The molecule has 2 rings (SSSR count). The standard InChI is InChI=1S/C15H19ClN2OS/c1-9(2)15-18-12(8-20-15)7-19-14-5-4-11(10(3)17)6-13(14)16/h4-6,8-10H,7,17H2,1-3H3/t10-/m1/s1. The molecule has 0 radical (unpaired) electrons. The highest BCUT2D eigenvalue weighted by Crippen LogP contribution is 2.28. The van der Waals surface area contributed by atoms with Gasteiger partial charge in [-0.3, -0.25) is 0 Å². The molecule has 0 spiro atoms. The smallest absolute Gasteiger partial charge is 0.138 e. The molecule has 0 fully saturated rings. The zero-order valence-corrected chi connectivity index (χ0v) is 13.5. The van der Waals surface area contributed by atoms with E-state index in [0.29, 0.717) is 23.3 Å². The van der Waals surface area contributed by atoms with Gasteiger partial charge in [-0.15, -0.1) is 11.3 Å². The van der Waals surface area contributed by atoms with Crippen molar-refractivity contribution >= 4 is 22.9 Å². The first-order valence-electron chi connectivity index (χ1n) is 6.59. The molecule has 0 amide bonds. The van der Waals surface area contributed by atoms with Gasteiger partial charge in [-0.1, -0.05) is 31.5 Å². The van der Waals surface area contributed by atoms with Crippen LogP contribution in [0.15, 0.2) is 23.6 Å². The van der Waals surface area contributed by atoms with E-state index in [1.807, 2.05) is 30.5 Å². The first-order chi connectivity index (χ1) is 9.47. The minimum absolute atomic E-state index is 0.0336. The van der Waals surface area contributed by atoms with Crippen LogP contribution in [0.3, 0.4) is 0 Å². The van der Waals surface area contributed by atoms with E-state index in [9.17, 15) is 0 Å². The average molecular weight is 311 g/mol. The van der Waals surface area contributed by atoms with Crippen molar-refractivity contribution in [3.05, 3.63) is 44.9 Å². The summed E-state index contributed by atoms with van der Waals surface area (Å²) in [6.07, 6.45) is 0. The second-order valence-electron chi connectivity index (χ2n) is 5.10. The molecule has 0 unspecified atom stereocenters. The van der Waals surface area contributed by atoms with E-state index in [4.69, 9.17) is 22.1 Å². The molecule has 0 bridgehead atoms. The summed E-state index contributed by atoms with van der Waals surface area (Å²) in [6, 6.07) is 5.61. The number of benzene rings is 1. The zero-order valence-electron chi connectivity index (χ0n) is 11.9. The number of hydrogen-bond donors (Lipinski definition) is 1. The van der Waals surface area contributed by atoms with Crippen molar-refractivity contribution in [1.82, 2.24) is 4.98 Å². The average Bonchev–Trinajstić information content (AvgIpc) is 2.86. The second kappa shape index (κ2) is 6.57. The molecule has 5 heteroatoms. The summed E-state index contributed by atoms with van der Waals surface area (Å²) in [6.45, 7) is 6.62. The highest BCUT2D eigenvalue weighted by atomic mass is 35.5. The third-order valence-corrected chi connectivity index (χ3v) is 4.41. The third kappa shape index (κ3) is 3.72. The minimum atomic E-state index is -0.0336. The Morgan fingerprint density at radius 2 is 2.10 bits per heavy atom. The van der Waals surface area contributed by atoms with Crippen molar-refractivity contribution < 1.29 is 4.74 Å². The Labute approximate surface area is 128 Å². The summed E-state index contributed by atoms with van der Waals surface area (Å²) in [7, 11) is 0. The van der Waals surface area contributed by atoms with Crippen molar-refractivity contribution in [1.29, 1.82) is 0 Å². The van der Waals surface area contributed by atoms with Gasteiger partial charge in [0.25, 0.3) is 0 Å². The van der Waals surface area contributed by atoms with Crippen LogP contribution in [0.1, 0.15) is 49.0 Å². The number of aromatic nitrogens is 1. The molecule has 1 aromatic heterocycles. The fourth-order valence-corrected chi connectivity index (χ4v) is 2.79. The fourth-order valence-electron chi connectivity index (χ4n) is 1.72. The molecule has 108 valence electrons. The molecule has 0 aliphatic rings. The van der Waals surface area contributed by atoms with Crippen molar-refractivity contribution in [3.63, 3.8) is 0 Å². The van der Waals surface area contributed by atoms with Crippen molar-refractivity contribution in [2.45, 2.75) is 39.3 Å². The molecule has 3 nitrogen and oxygen atoms in total. The Hall–Kier alpha value is -1.10. The van der Waals surface area contributed by atoms with Gasteiger partial charge in [0.15, 0.2) is 0 Å². The predicted molar refractivity (Wildman–Crippen MR) is 84.6 cm³/mol. The van der Waals surface area contributed by atoms with Gasteiger partial charge in [-0.05, 0) is 24.6 Å². The molecule has 2 aromatic rings. The van der Waals surface area contributed by atoms with Crippen molar-refractivity contribution in [2.75, 3.05) is 0 Å². The molecule has 0 aliphatic heterocycles. The summed E-state index contributed by atoms with van der Waals surface area (Å²) in [4.78, 5) is 4.53. The Morgan fingerprint density at radius 1 is 1.35 bits per heavy atom. The topological polar surface area (TPSA) is 48.1 Å². The second-order valence-corrected chi connectivity index (χ2v) is 6.40. The lowest BCUT2D eigenvalue weighted by molar-refractivity contribution is 0.302. The van der Waals surface area contributed by atoms with Crippen LogP contribution in [-0.4, -0.2) is 4.98 Å². The van der Waals surface area contributed by atoms with Crippen LogP contribution in [0.2, 0.25) is 5.02 Å². The maximum atomic E-state index is 6.20. The minimum Gasteiger partial charge on any atom is -0.486 e. The molecular formula is C15H19ClN2OS. The largest absolute Gasteiger partial charge is 0.486 e. The van der Waals surface area contributed by atoms with E-state index < -0.39 is 0 Å². The van der Waals surface area contributed by atoms with E-state index in [1.165, 1.54) is 0 Å². The number of thiazole rings is 1. The first kappa shape index (κ1) is 15.3. The van der Waals surface area contributed by atoms with Crippen molar-refractivity contribution in [3.8, 4) is 5.75 Å². The summed E-state index contributed by atoms with van der Waals surface area (Å²) in [5.41, 5.74) is 7.76. The normalized spacial score (nSPS) is 12.7. The van der Waals surface area contributed by atoms with Crippen LogP contribution in [0.4, 0.5) is 0 Å². The van der Waals surface area contributed by atoms with Crippen LogP contribution >= 0.6 is 22.9 Å². The molecule has 0 saturated heterocycles. The number of nitrogens with zero attached hydrogens (tertiary/aromatic N) is 1. The number of hydrogen-bond acceptors (Lipinski definition) is 4. The molecule has 0 saturated carbocycles. The van der Waals surface area contributed by atoms with Gasteiger partial charge >= 0.3 is 0 Å². The van der Waals surface area contributed by atoms with Crippen LogP contribution in [0.25, 0.3) is 0 Å². The van der Waals surface area contributed by atoms with Crippen LogP contribution in [0, 0.1) is 0 Å². The van der Waals surface area contributed by atoms with Gasteiger partial charge in [0.2, 0.25) is 0 Å². The van der Waals surface area contributed by atoms with Gasteiger partial charge in [0.1, 0.15) is 12.4 Å². The Balaban J connectivity index is 2.03. The van der Waals surface area contributed by atoms with Gasteiger partial charge in [0, 0.05) is 17.3 Å². The first-order valence-corrected chi connectivity index (χ1v) is 7.85. The van der Waals surface area contributed by atoms with Gasteiger partial charge in [-0.2, -0.15) is 0 Å². The summed E-state index contributed by atoms with van der Waals surface area (Å²) in [5, 5.41) is 3.74. The summed E-state index contributed by atoms with van der Waals surface area (Å²) < 4.78 is 5.72. The molecule has 0 aliphatic carbocycles.